The number of nitrogens with zero attached hydrogens (tertiary/aromatic N) is 1. The number of aliphatic imine (C=N–C) groups is 1. The monoisotopic (exact) mass is 308 g/mol. The molecule has 1 heterocycles. The summed E-state index contributed by atoms with van der Waals surface area (Å²) >= 11 is 0. The van der Waals surface area contributed by atoms with Gasteiger partial charge in [-0.1, -0.05) is 0 Å². The average Bonchev–Trinajstić information content (AvgIpc) is 2.74. The molecule has 7 heteroatoms. The Bertz CT molecular complexity index is 779. The number of anilines is 1. The van der Waals surface area contributed by atoms with Gasteiger partial charge in [0.15, 0.2) is 0 Å². The van der Waals surface area contributed by atoms with Gasteiger partial charge in [0, 0.05) is 5.56 Å². The number of carbonyl (C=O) groups excluding carboxylic acids is 1. The van der Waals surface area contributed by atoms with Crippen LogP contribution in [0.4, 0.5) is 28.9 Å². The Hall–Kier alpha value is -2.70. The molecule has 0 fully saturated rings. The molecule has 3 rings (SSSR count). The van der Waals surface area contributed by atoms with Crippen molar-refractivity contribution in [3.8, 4) is 0 Å². The predicted molar refractivity (Wildman–Crippen MR) is 72.7 cm³/mol. The number of fused-ring (bicyclic) bond motifs is 1. The molecule has 0 saturated heterocycles. The number of amides is 1. The Balaban J connectivity index is 1.98. The Morgan fingerprint density at radius 2 is 1.68 bits per heavy atom. The van der Waals surface area contributed by atoms with Crippen molar-refractivity contribution in [2.24, 2.45) is 4.99 Å². The number of carbonyl (C=O) groups is 1. The molecular formula is C15H8F4N2O. The molecule has 2 aromatic carbocycles. The third kappa shape index (κ3) is 2.57. The zero-order chi connectivity index (χ0) is 15.9. The van der Waals surface area contributed by atoms with Crippen molar-refractivity contribution in [1.29, 1.82) is 0 Å². The van der Waals surface area contributed by atoms with Crippen LogP contribution in [0.5, 0.6) is 0 Å². The number of hydrogen-bond acceptors (Lipinski definition) is 2. The molecule has 0 saturated carbocycles. The fourth-order valence-electron chi connectivity index (χ4n) is 2.10. The molecule has 112 valence electrons. The summed E-state index contributed by atoms with van der Waals surface area (Å²) in [6.07, 6.45) is -4.43. The summed E-state index contributed by atoms with van der Waals surface area (Å²) in [7, 11) is 0. The van der Waals surface area contributed by atoms with Gasteiger partial charge >= 0.3 is 6.18 Å². The van der Waals surface area contributed by atoms with E-state index in [1.165, 1.54) is 24.3 Å². The first-order chi connectivity index (χ1) is 10.3. The fraction of sp³-hybridized carbons (Fsp3) is 0.0667. The second-order valence-corrected chi connectivity index (χ2v) is 4.65. The highest BCUT2D eigenvalue weighted by Crippen LogP contribution is 2.31. The minimum Gasteiger partial charge on any atom is -0.320 e. The van der Waals surface area contributed by atoms with Crippen LogP contribution in [0, 0.1) is 5.82 Å². The third-order valence-corrected chi connectivity index (χ3v) is 3.14. The second-order valence-electron chi connectivity index (χ2n) is 4.65. The SMILES string of the molecule is O=C1Nc2cc(F)ccc2C1=Nc1ccc(C(F)(F)F)cc1. The summed E-state index contributed by atoms with van der Waals surface area (Å²) in [5, 5.41) is 2.45. The van der Waals surface area contributed by atoms with Gasteiger partial charge in [0.25, 0.3) is 5.91 Å². The summed E-state index contributed by atoms with van der Waals surface area (Å²) in [4.78, 5) is 15.9. The van der Waals surface area contributed by atoms with Crippen molar-refractivity contribution >= 4 is 23.0 Å². The van der Waals surface area contributed by atoms with Crippen LogP contribution in [0.2, 0.25) is 0 Å². The molecular weight excluding hydrogens is 300 g/mol. The van der Waals surface area contributed by atoms with Crippen molar-refractivity contribution in [2.45, 2.75) is 6.18 Å². The van der Waals surface area contributed by atoms with Crippen LogP contribution in [-0.4, -0.2) is 11.6 Å². The molecule has 3 nitrogen and oxygen atoms in total. The highest BCUT2D eigenvalue weighted by atomic mass is 19.4. The van der Waals surface area contributed by atoms with Gasteiger partial charge in [0.2, 0.25) is 0 Å². The summed E-state index contributed by atoms with van der Waals surface area (Å²) < 4.78 is 50.6. The smallest absolute Gasteiger partial charge is 0.320 e. The Morgan fingerprint density at radius 3 is 2.32 bits per heavy atom. The number of halogens is 4. The molecule has 22 heavy (non-hydrogen) atoms. The van der Waals surface area contributed by atoms with E-state index in [2.05, 4.69) is 10.3 Å². The number of hydrogen-bond donors (Lipinski definition) is 1. The van der Waals surface area contributed by atoms with E-state index in [0.29, 0.717) is 5.56 Å². The lowest BCUT2D eigenvalue weighted by Gasteiger charge is -2.06. The highest BCUT2D eigenvalue weighted by molar-refractivity contribution is 6.54. The number of benzene rings is 2. The van der Waals surface area contributed by atoms with Gasteiger partial charge in [-0.05, 0) is 42.5 Å². The van der Waals surface area contributed by atoms with Crippen LogP contribution < -0.4 is 5.32 Å². The highest BCUT2D eigenvalue weighted by Gasteiger charge is 2.30. The lowest BCUT2D eigenvalue weighted by Crippen LogP contribution is -2.13. The maximum Gasteiger partial charge on any atom is 0.416 e. The Labute approximate surface area is 122 Å². The predicted octanol–water partition coefficient (Wildman–Crippen LogP) is 3.92. The number of nitrogens with one attached hydrogen (secondary N) is 1. The van der Waals surface area contributed by atoms with Gasteiger partial charge in [0.1, 0.15) is 11.5 Å². The summed E-state index contributed by atoms with van der Waals surface area (Å²) in [5.41, 5.74) is 0.141. The lowest BCUT2D eigenvalue weighted by atomic mass is 10.1. The zero-order valence-corrected chi connectivity index (χ0v) is 10.9. The molecule has 0 radical (unpaired) electrons. The van der Waals surface area contributed by atoms with Crippen LogP contribution in [0.25, 0.3) is 0 Å². The van der Waals surface area contributed by atoms with Crippen LogP contribution in [0.1, 0.15) is 11.1 Å². The first-order valence-corrected chi connectivity index (χ1v) is 6.22. The molecule has 1 N–H and O–H groups in total. The maximum absolute atomic E-state index is 13.1. The van der Waals surface area contributed by atoms with Gasteiger partial charge in [-0.25, -0.2) is 9.38 Å². The molecule has 1 aliphatic heterocycles. The van der Waals surface area contributed by atoms with E-state index < -0.39 is 23.5 Å². The van der Waals surface area contributed by atoms with Gasteiger partial charge in [-0.3, -0.25) is 4.79 Å². The van der Waals surface area contributed by atoms with Gasteiger partial charge < -0.3 is 5.32 Å². The lowest BCUT2D eigenvalue weighted by molar-refractivity contribution is -0.137. The van der Waals surface area contributed by atoms with Crippen LogP contribution >= 0.6 is 0 Å². The van der Waals surface area contributed by atoms with E-state index in [0.717, 1.165) is 18.2 Å². The maximum atomic E-state index is 13.1. The first kappa shape index (κ1) is 14.2. The Kier molecular flexibility index (Phi) is 3.20. The van der Waals surface area contributed by atoms with Crippen molar-refractivity contribution < 1.29 is 22.4 Å². The third-order valence-electron chi connectivity index (χ3n) is 3.14. The molecule has 0 bridgehead atoms. The standard InChI is InChI=1S/C15H8F4N2O/c16-9-3-6-11-12(7-9)21-14(22)13(11)20-10-4-1-8(2-5-10)15(17,18)19/h1-7H,(H,20,21,22). The molecule has 0 spiro atoms. The Morgan fingerprint density at radius 1 is 1.00 bits per heavy atom. The van der Waals surface area contributed by atoms with Crippen molar-refractivity contribution in [3.63, 3.8) is 0 Å². The average molecular weight is 308 g/mol. The fourth-order valence-corrected chi connectivity index (χ4v) is 2.10. The molecule has 1 amide bonds. The summed E-state index contributed by atoms with van der Waals surface area (Å²) in [6, 6.07) is 7.85. The topological polar surface area (TPSA) is 41.5 Å². The van der Waals surface area contributed by atoms with Crippen LogP contribution in [0.3, 0.4) is 0 Å². The summed E-state index contributed by atoms with van der Waals surface area (Å²) in [6.45, 7) is 0. The normalized spacial score (nSPS) is 15.8. The number of rotatable bonds is 1. The molecule has 0 unspecified atom stereocenters. The van der Waals surface area contributed by atoms with Gasteiger partial charge in [0.05, 0.1) is 16.9 Å². The quantitative estimate of drug-likeness (QED) is 0.797. The minimum atomic E-state index is -4.43. The van der Waals surface area contributed by atoms with Crippen LogP contribution in [0.15, 0.2) is 47.5 Å². The van der Waals surface area contributed by atoms with E-state index in [9.17, 15) is 22.4 Å². The van der Waals surface area contributed by atoms with Crippen molar-refractivity contribution in [3.05, 3.63) is 59.4 Å². The molecule has 0 atom stereocenters. The van der Waals surface area contributed by atoms with E-state index in [-0.39, 0.29) is 17.1 Å². The van der Waals surface area contributed by atoms with E-state index in [1.807, 2.05) is 0 Å². The van der Waals surface area contributed by atoms with Gasteiger partial charge in [-0.2, -0.15) is 13.2 Å². The summed E-state index contributed by atoms with van der Waals surface area (Å²) in [5.74, 6) is -1.03. The van der Waals surface area contributed by atoms with E-state index in [4.69, 9.17) is 0 Å². The van der Waals surface area contributed by atoms with Crippen molar-refractivity contribution in [1.82, 2.24) is 0 Å². The minimum absolute atomic E-state index is 0.0368. The van der Waals surface area contributed by atoms with Crippen LogP contribution in [-0.2, 0) is 11.0 Å². The first-order valence-electron chi connectivity index (χ1n) is 6.22. The largest absolute Gasteiger partial charge is 0.416 e. The molecule has 1 aliphatic rings. The second kappa shape index (κ2) is 4.94. The number of alkyl halides is 3. The van der Waals surface area contributed by atoms with Crippen molar-refractivity contribution in [2.75, 3.05) is 5.32 Å². The molecule has 0 aromatic heterocycles. The zero-order valence-electron chi connectivity index (χ0n) is 10.9. The molecule has 2 aromatic rings. The van der Waals surface area contributed by atoms with E-state index in [1.54, 1.807) is 0 Å². The molecule has 0 aliphatic carbocycles. The van der Waals surface area contributed by atoms with Gasteiger partial charge in [-0.15, -0.1) is 0 Å². The van der Waals surface area contributed by atoms with E-state index >= 15 is 0 Å².